The fraction of sp³-hybridized carbons (Fsp3) is 0.625. The second-order valence-electron chi connectivity index (χ2n) is 10.4. The van der Waals surface area contributed by atoms with E-state index in [4.69, 9.17) is 19.0 Å². The van der Waals surface area contributed by atoms with Gasteiger partial charge in [-0.05, 0) is 59.5 Å². The lowest BCUT2D eigenvalue weighted by molar-refractivity contribution is -0.255. The highest BCUT2D eigenvalue weighted by atomic mass is 16.6. The van der Waals surface area contributed by atoms with Crippen LogP contribution in [0.3, 0.4) is 0 Å². The summed E-state index contributed by atoms with van der Waals surface area (Å²) in [5, 5.41) is 22.7. The molecule has 0 saturated carbocycles. The Hall–Kier alpha value is -3.81. The van der Waals surface area contributed by atoms with E-state index in [1.165, 1.54) is 16.8 Å². The molecule has 2 heterocycles. The van der Waals surface area contributed by atoms with Crippen LogP contribution >= 0.6 is 0 Å². The van der Waals surface area contributed by atoms with Crippen LogP contribution in [0.2, 0.25) is 0 Å². The number of alkyl carbamates (subject to hydrolysis) is 2. The molecule has 0 unspecified atom stereocenters. The molecular weight excluding hydrogens is 502 g/mol. The summed E-state index contributed by atoms with van der Waals surface area (Å²) >= 11 is 0. The van der Waals surface area contributed by atoms with Crippen LogP contribution in [0, 0.1) is 0 Å². The lowest BCUT2D eigenvalue weighted by atomic mass is 10.1. The summed E-state index contributed by atoms with van der Waals surface area (Å²) in [6.45, 7) is 10.8. The third-order valence-electron chi connectivity index (χ3n) is 4.79. The molecule has 1 aromatic rings. The second kappa shape index (κ2) is 13.1. The van der Waals surface area contributed by atoms with E-state index in [-0.39, 0.29) is 42.0 Å². The number of nitrogens with zero attached hydrogens (tertiary/aromatic N) is 2. The molecule has 1 aliphatic heterocycles. The molecular formula is C24H36N5O9-. The highest BCUT2D eigenvalue weighted by molar-refractivity contribution is 6.01. The number of carbonyl (C=O) groups is 3. The van der Waals surface area contributed by atoms with E-state index in [2.05, 4.69) is 21.1 Å². The molecule has 0 aromatic carbocycles. The van der Waals surface area contributed by atoms with Crippen molar-refractivity contribution in [2.24, 2.45) is 5.16 Å². The minimum atomic E-state index is -1.45. The van der Waals surface area contributed by atoms with E-state index in [0.717, 1.165) is 0 Å². The highest BCUT2D eigenvalue weighted by Crippen LogP contribution is 2.21. The number of carbonyl (C=O) groups excluding carboxylic acids is 3. The number of aromatic nitrogens is 1. The van der Waals surface area contributed by atoms with E-state index in [1.54, 1.807) is 41.5 Å². The van der Waals surface area contributed by atoms with Gasteiger partial charge in [0.2, 0.25) is 0 Å². The quantitative estimate of drug-likeness (QED) is 0.198. The van der Waals surface area contributed by atoms with Gasteiger partial charge in [0.25, 0.3) is 11.5 Å². The number of hydrogen-bond acceptors (Lipinski definition) is 11. The fourth-order valence-electron chi connectivity index (χ4n) is 3.32. The number of oxime groups is 1. The number of anilines is 1. The monoisotopic (exact) mass is 538 g/mol. The van der Waals surface area contributed by atoms with Crippen LogP contribution in [0.1, 0.15) is 70.8 Å². The first kappa shape index (κ1) is 30.4. The Morgan fingerprint density at radius 3 is 2.11 bits per heavy atom. The van der Waals surface area contributed by atoms with Crippen molar-refractivity contribution in [1.82, 2.24) is 15.2 Å². The van der Waals surface area contributed by atoms with E-state index < -0.39 is 29.4 Å². The van der Waals surface area contributed by atoms with Gasteiger partial charge in [0.05, 0.1) is 18.2 Å². The maximum atomic E-state index is 12.6. The van der Waals surface area contributed by atoms with E-state index >= 15 is 0 Å². The van der Waals surface area contributed by atoms with Gasteiger partial charge in [0, 0.05) is 37.1 Å². The number of rotatable bonds is 7. The van der Waals surface area contributed by atoms with Crippen LogP contribution < -0.4 is 26.6 Å². The number of ether oxygens (including phenoxy) is 3. The third-order valence-corrected chi connectivity index (χ3v) is 4.79. The summed E-state index contributed by atoms with van der Waals surface area (Å²) in [6, 6.07) is 1.03. The summed E-state index contributed by atoms with van der Waals surface area (Å²) in [5.74, 6) is -1.83. The summed E-state index contributed by atoms with van der Waals surface area (Å²) in [6.07, 6.45) is 0.683. The molecule has 1 saturated heterocycles. The van der Waals surface area contributed by atoms with Gasteiger partial charge in [-0.1, -0.05) is 0 Å². The minimum Gasteiger partial charge on any atom is -0.545 e. The minimum absolute atomic E-state index is 0.0245. The third kappa shape index (κ3) is 10.7. The first-order valence-electron chi connectivity index (χ1n) is 12.1. The Morgan fingerprint density at radius 1 is 1.05 bits per heavy atom. The van der Waals surface area contributed by atoms with Crippen molar-refractivity contribution < 1.29 is 38.5 Å². The van der Waals surface area contributed by atoms with E-state index in [1.807, 2.05) is 0 Å². The molecule has 3 N–H and O–H groups in total. The van der Waals surface area contributed by atoms with Crippen LogP contribution in [-0.2, 0) is 19.0 Å². The topological polar surface area (TPSA) is 182 Å². The molecule has 1 aliphatic rings. The van der Waals surface area contributed by atoms with Crippen molar-refractivity contribution in [3.63, 3.8) is 0 Å². The zero-order valence-corrected chi connectivity index (χ0v) is 22.5. The van der Waals surface area contributed by atoms with Crippen LogP contribution in [0.15, 0.2) is 22.2 Å². The van der Waals surface area contributed by atoms with Crippen molar-refractivity contribution in [3.05, 3.63) is 28.2 Å². The Balaban J connectivity index is 2.05. The van der Waals surface area contributed by atoms with Gasteiger partial charge in [-0.2, -0.15) is 0 Å². The predicted octanol–water partition coefficient (Wildman–Crippen LogP) is 1.31. The number of guanidine groups is 1. The van der Waals surface area contributed by atoms with E-state index in [0.29, 0.717) is 26.1 Å². The smallest absolute Gasteiger partial charge is 0.414 e. The van der Waals surface area contributed by atoms with Gasteiger partial charge >= 0.3 is 12.2 Å². The largest absolute Gasteiger partial charge is 0.545 e. The summed E-state index contributed by atoms with van der Waals surface area (Å²) in [7, 11) is 0. The molecule has 0 atom stereocenters. The molecule has 0 radical (unpaired) electrons. The van der Waals surface area contributed by atoms with Crippen LogP contribution in [0.4, 0.5) is 15.3 Å². The van der Waals surface area contributed by atoms with Crippen molar-refractivity contribution in [3.8, 4) is 0 Å². The fourth-order valence-corrected chi connectivity index (χ4v) is 3.32. The number of hydrogen-bond donors (Lipinski definition) is 3. The van der Waals surface area contributed by atoms with Gasteiger partial charge in [0.15, 0.2) is 0 Å². The molecule has 212 valence electrons. The van der Waals surface area contributed by atoms with Crippen molar-refractivity contribution in [2.45, 2.75) is 71.6 Å². The first-order valence-corrected chi connectivity index (χ1v) is 12.1. The van der Waals surface area contributed by atoms with Crippen molar-refractivity contribution in [1.29, 1.82) is 0 Å². The summed E-state index contributed by atoms with van der Waals surface area (Å²) in [5.41, 5.74) is -2.10. The van der Waals surface area contributed by atoms with Crippen molar-refractivity contribution >= 4 is 29.8 Å². The average Bonchev–Trinajstić information content (AvgIpc) is 2.76. The first-order chi connectivity index (χ1) is 17.6. The Labute approximate surface area is 220 Å². The number of carboxylic acids is 1. The number of carboxylic acid groups (broad SMARTS) is 1. The van der Waals surface area contributed by atoms with Gasteiger partial charge in [-0.25, -0.2) is 9.59 Å². The lowest BCUT2D eigenvalue weighted by Gasteiger charge is -2.25. The van der Waals surface area contributed by atoms with Crippen LogP contribution in [0.5, 0.6) is 0 Å². The molecule has 2 amide bonds. The Kier molecular flexibility index (Phi) is 10.5. The van der Waals surface area contributed by atoms with Gasteiger partial charge < -0.3 is 38.8 Å². The zero-order chi connectivity index (χ0) is 28.5. The molecule has 0 bridgehead atoms. The van der Waals surface area contributed by atoms with Crippen LogP contribution in [0.25, 0.3) is 0 Å². The molecule has 1 fully saturated rings. The lowest BCUT2D eigenvalue weighted by Crippen LogP contribution is -2.47. The van der Waals surface area contributed by atoms with Crippen molar-refractivity contribution in [2.75, 3.05) is 31.7 Å². The number of amides is 2. The molecule has 1 aromatic heterocycles. The number of aromatic carboxylic acids is 1. The molecule has 0 spiro atoms. The van der Waals surface area contributed by atoms with Gasteiger partial charge in [-0.15, -0.1) is 0 Å². The predicted molar refractivity (Wildman–Crippen MR) is 135 cm³/mol. The van der Waals surface area contributed by atoms with Gasteiger partial charge in [0.1, 0.15) is 17.8 Å². The maximum Gasteiger partial charge on any atom is 0.414 e. The summed E-state index contributed by atoms with van der Waals surface area (Å²) in [4.78, 5) is 53.7. The second-order valence-corrected chi connectivity index (χ2v) is 10.4. The number of pyridine rings is 1. The molecule has 38 heavy (non-hydrogen) atoms. The van der Waals surface area contributed by atoms with Gasteiger partial charge in [-0.3, -0.25) is 15.4 Å². The molecule has 0 aliphatic carbocycles. The highest BCUT2D eigenvalue weighted by Gasteiger charge is 2.22. The Morgan fingerprint density at radius 2 is 1.61 bits per heavy atom. The molecule has 2 rings (SSSR count). The normalized spacial score (nSPS) is 14.2. The molecule has 14 heteroatoms. The standard InChI is InChI=1S/C24H37N5O9/c1-23(2,3)37-21(33)26-20(27-22(34)38-24(4,5)6)28-36-12-9-25-17-13-18(30)29(14-16(17)19(31)32)15-7-10-35-11-8-15/h13-15,25H,7-12H2,1-6H3,(H,31,32)(H2,26,27,28,33,34)/p-1. The maximum absolute atomic E-state index is 12.6. The summed E-state index contributed by atoms with van der Waals surface area (Å²) < 4.78 is 17.0. The van der Waals surface area contributed by atoms with E-state index in [9.17, 15) is 24.3 Å². The molecule has 14 nitrogen and oxygen atoms in total. The average molecular weight is 539 g/mol. The number of nitrogens with one attached hydrogen (secondary N) is 3. The zero-order valence-electron chi connectivity index (χ0n) is 22.5. The SMILES string of the molecule is CC(C)(C)OC(=O)NC(=NOCCNc1cc(=O)n(C2CCOCC2)cc1C(=O)[O-])NC(=O)OC(C)(C)C. The van der Waals surface area contributed by atoms with Crippen LogP contribution in [-0.4, -0.2) is 66.2 Å². The Bertz CT molecular complexity index is 1050.